The van der Waals surface area contributed by atoms with Crippen LogP contribution >= 0.6 is 23.2 Å². The third-order valence-corrected chi connectivity index (χ3v) is 6.21. The summed E-state index contributed by atoms with van der Waals surface area (Å²) in [5, 5.41) is 11.7. The van der Waals surface area contributed by atoms with E-state index in [4.69, 9.17) is 42.1 Å². The third-order valence-electron chi connectivity index (χ3n) is 5.62. The summed E-state index contributed by atoms with van der Waals surface area (Å²) in [7, 11) is 0. The lowest BCUT2D eigenvalue weighted by Gasteiger charge is -2.37. The predicted molar refractivity (Wildman–Crippen MR) is 124 cm³/mol. The molecule has 0 unspecified atom stereocenters. The van der Waals surface area contributed by atoms with Crippen LogP contribution in [-0.4, -0.2) is 22.8 Å². The largest absolute Gasteiger partial charge is 0.456 e. The summed E-state index contributed by atoms with van der Waals surface area (Å²) in [6, 6.07) is 9.53. The molecule has 10 nitrogen and oxygen atoms in total. The highest BCUT2D eigenvalue weighted by atomic mass is 35.5. The standard InChI is InChI=1S/C24H13Cl2NO9/c1-10(28)33-20-8-18-13(6-15(20)25)24(12-4-3-5-17(27(31)32)22(12)23(30)36-24)14-7-16(26)21(34-11(2)29)9-19(14)35-18/h3-9H,1-2H3. The van der Waals surface area contributed by atoms with E-state index in [-0.39, 0.29) is 55.3 Å². The van der Waals surface area contributed by atoms with Crippen molar-refractivity contribution in [2.24, 2.45) is 0 Å². The molecule has 1 spiro atoms. The zero-order valence-corrected chi connectivity index (χ0v) is 19.9. The number of hydrogen-bond donors (Lipinski definition) is 0. The summed E-state index contributed by atoms with van der Waals surface area (Å²) < 4.78 is 22.2. The molecule has 0 bridgehead atoms. The van der Waals surface area contributed by atoms with Crippen LogP contribution in [-0.2, 0) is 19.9 Å². The minimum absolute atomic E-state index is 0.00654. The Hall–Kier alpha value is -4.15. The van der Waals surface area contributed by atoms with Gasteiger partial charge in [-0.15, -0.1) is 0 Å². The minimum Gasteiger partial charge on any atom is -0.456 e. The van der Waals surface area contributed by atoms with Gasteiger partial charge in [-0.1, -0.05) is 35.3 Å². The van der Waals surface area contributed by atoms with E-state index in [2.05, 4.69) is 0 Å². The Morgan fingerprint density at radius 2 is 1.44 bits per heavy atom. The SMILES string of the molecule is CC(=O)Oc1cc2c(cc1Cl)C1(OC(=O)c3c([N+](=O)[O-])cccc31)c1cc(Cl)c(OC(C)=O)cc1O2. The molecule has 0 saturated heterocycles. The number of esters is 3. The third kappa shape index (κ3) is 3.45. The van der Waals surface area contributed by atoms with E-state index in [0.717, 1.165) is 0 Å². The second-order valence-electron chi connectivity index (χ2n) is 7.87. The topological polar surface area (TPSA) is 131 Å². The van der Waals surface area contributed by atoms with Crippen LogP contribution in [0.2, 0.25) is 10.0 Å². The van der Waals surface area contributed by atoms with Crippen molar-refractivity contribution < 1.29 is 38.3 Å². The molecule has 0 N–H and O–H groups in total. The van der Waals surface area contributed by atoms with Gasteiger partial charge in [0.1, 0.15) is 17.1 Å². The normalized spacial score (nSPS) is 14.2. The fraction of sp³-hybridized carbons (Fsp3) is 0.125. The lowest BCUT2D eigenvalue weighted by Crippen LogP contribution is -2.33. The number of hydrogen-bond acceptors (Lipinski definition) is 9. The fourth-order valence-corrected chi connectivity index (χ4v) is 4.77. The summed E-state index contributed by atoms with van der Waals surface area (Å²) >= 11 is 12.8. The van der Waals surface area contributed by atoms with Crippen molar-refractivity contribution in [1.82, 2.24) is 0 Å². The van der Waals surface area contributed by atoms with E-state index in [9.17, 15) is 24.5 Å². The molecule has 3 aromatic rings. The van der Waals surface area contributed by atoms with Gasteiger partial charge in [-0.05, 0) is 12.1 Å². The molecule has 12 heteroatoms. The fourth-order valence-electron chi connectivity index (χ4n) is 4.36. The van der Waals surface area contributed by atoms with E-state index in [1.165, 1.54) is 56.3 Å². The number of fused-ring (bicyclic) bond motifs is 6. The molecule has 0 aliphatic carbocycles. The maximum absolute atomic E-state index is 13.1. The number of benzene rings is 3. The number of nitro groups is 1. The number of nitro benzene ring substituents is 1. The molecule has 2 aliphatic rings. The zero-order valence-electron chi connectivity index (χ0n) is 18.4. The second kappa shape index (κ2) is 8.21. The van der Waals surface area contributed by atoms with Crippen molar-refractivity contribution >= 4 is 46.8 Å². The van der Waals surface area contributed by atoms with Gasteiger partial charge in [0.25, 0.3) is 5.69 Å². The summed E-state index contributed by atoms with van der Waals surface area (Å²) in [5.41, 5.74) is -1.89. The monoisotopic (exact) mass is 529 g/mol. The molecular formula is C24H13Cl2NO9. The van der Waals surface area contributed by atoms with Crippen LogP contribution in [0.25, 0.3) is 0 Å². The van der Waals surface area contributed by atoms with E-state index >= 15 is 0 Å². The molecule has 0 atom stereocenters. The van der Waals surface area contributed by atoms with Crippen molar-refractivity contribution in [3.63, 3.8) is 0 Å². The molecule has 3 aromatic carbocycles. The first-order chi connectivity index (χ1) is 17.0. The van der Waals surface area contributed by atoms with Gasteiger partial charge >= 0.3 is 17.9 Å². The Kier molecular flexibility index (Phi) is 5.38. The van der Waals surface area contributed by atoms with E-state index in [1.807, 2.05) is 0 Å². The van der Waals surface area contributed by atoms with Crippen LogP contribution in [0.1, 0.15) is 40.9 Å². The first-order valence-electron chi connectivity index (χ1n) is 10.3. The smallest absolute Gasteiger partial charge is 0.347 e. The van der Waals surface area contributed by atoms with Crippen molar-refractivity contribution in [3.8, 4) is 23.0 Å². The van der Waals surface area contributed by atoms with Gasteiger partial charge in [-0.25, -0.2) is 4.79 Å². The van der Waals surface area contributed by atoms with Gasteiger partial charge in [0.05, 0.1) is 15.0 Å². The van der Waals surface area contributed by atoms with Crippen molar-refractivity contribution in [1.29, 1.82) is 0 Å². The van der Waals surface area contributed by atoms with Crippen molar-refractivity contribution in [2.75, 3.05) is 0 Å². The van der Waals surface area contributed by atoms with Gasteiger partial charge in [0, 0.05) is 48.7 Å². The van der Waals surface area contributed by atoms with Crippen LogP contribution in [0.5, 0.6) is 23.0 Å². The Morgan fingerprint density at radius 1 is 0.917 bits per heavy atom. The van der Waals surface area contributed by atoms with Crippen LogP contribution < -0.4 is 14.2 Å². The van der Waals surface area contributed by atoms with E-state index in [0.29, 0.717) is 0 Å². The maximum Gasteiger partial charge on any atom is 0.347 e. The van der Waals surface area contributed by atoms with E-state index < -0.39 is 34.1 Å². The summed E-state index contributed by atoms with van der Waals surface area (Å²) in [5.74, 6) is -2.13. The van der Waals surface area contributed by atoms with Gasteiger partial charge in [0.15, 0.2) is 17.1 Å². The number of carbonyl (C=O) groups excluding carboxylic acids is 3. The maximum atomic E-state index is 13.1. The molecule has 0 fully saturated rings. The summed E-state index contributed by atoms with van der Waals surface area (Å²) in [6.45, 7) is 2.38. The first kappa shape index (κ1) is 23.6. The zero-order chi connectivity index (χ0) is 25.9. The number of rotatable bonds is 3. The average Bonchev–Trinajstić information content (AvgIpc) is 3.09. The highest BCUT2D eigenvalue weighted by Crippen LogP contribution is 2.59. The molecule has 0 amide bonds. The number of carbonyl (C=O) groups is 3. The van der Waals surface area contributed by atoms with Crippen LogP contribution in [0, 0.1) is 10.1 Å². The molecule has 0 saturated carbocycles. The van der Waals surface area contributed by atoms with Crippen LogP contribution in [0.4, 0.5) is 5.69 Å². The Balaban J connectivity index is 1.86. The van der Waals surface area contributed by atoms with Crippen LogP contribution in [0.3, 0.4) is 0 Å². The molecule has 2 aliphatic heterocycles. The van der Waals surface area contributed by atoms with Gasteiger partial charge < -0.3 is 18.9 Å². The average molecular weight is 530 g/mol. The van der Waals surface area contributed by atoms with Gasteiger partial charge in [-0.3, -0.25) is 19.7 Å². The van der Waals surface area contributed by atoms with Crippen molar-refractivity contribution in [3.05, 3.63) is 84.9 Å². The number of halogens is 2. The quantitative estimate of drug-likeness (QED) is 0.191. The van der Waals surface area contributed by atoms with Gasteiger partial charge in [0.2, 0.25) is 0 Å². The molecule has 36 heavy (non-hydrogen) atoms. The first-order valence-corrected chi connectivity index (χ1v) is 11.0. The molecule has 2 heterocycles. The molecule has 5 rings (SSSR count). The molecular weight excluding hydrogens is 517 g/mol. The highest BCUT2D eigenvalue weighted by molar-refractivity contribution is 6.32. The Labute approximate surface area is 212 Å². The highest BCUT2D eigenvalue weighted by Gasteiger charge is 2.56. The number of nitrogens with zero attached hydrogens (tertiary/aromatic N) is 1. The number of ether oxygens (including phenoxy) is 4. The Morgan fingerprint density at radius 3 is 1.92 bits per heavy atom. The minimum atomic E-state index is -1.77. The lowest BCUT2D eigenvalue weighted by molar-refractivity contribution is -0.385. The molecule has 0 radical (unpaired) electrons. The molecule has 182 valence electrons. The molecule has 0 aromatic heterocycles. The van der Waals surface area contributed by atoms with Crippen LogP contribution in [0.15, 0.2) is 42.5 Å². The summed E-state index contributed by atoms with van der Waals surface area (Å²) in [6.07, 6.45) is 0. The predicted octanol–water partition coefficient (Wildman–Crippen LogP) is 5.32. The van der Waals surface area contributed by atoms with E-state index in [1.54, 1.807) is 0 Å². The Bertz CT molecular complexity index is 1460. The lowest BCUT2D eigenvalue weighted by atomic mass is 9.77. The van der Waals surface area contributed by atoms with Crippen molar-refractivity contribution in [2.45, 2.75) is 19.4 Å². The van der Waals surface area contributed by atoms with Gasteiger partial charge in [-0.2, -0.15) is 0 Å². The second-order valence-corrected chi connectivity index (χ2v) is 8.69. The summed E-state index contributed by atoms with van der Waals surface area (Å²) in [4.78, 5) is 47.2.